The molecule has 0 N–H and O–H groups in total. The number of para-hydroxylation sites is 1. The van der Waals surface area contributed by atoms with Crippen LogP contribution >= 0.6 is 0 Å². The molecule has 1 heterocycles. The van der Waals surface area contributed by atoms with E-state index in [1.807, 2.05) is 0 Å². The lowest BCUT2D eigenvalue weighted by molar-refractivity contribution is 0.986. The lowest BCUT2D eigenvalue weighted by atomic mass is 10.1. The summed E-state index contributed by atoms with van der Waals surface area (Å²) in [5.74, 6) is 0. The van der Waals surface area contributed by atoms with Crippen molar-refractivity contribution >= 4 is 5.69 Å². The second-order valence-electron chi connectivity index (χ2n) is 3.61. The summed E-state index contributed by atoms with van der Waals surface area (Å²) in [6, 6.07) is 6.47. The van der Waals surface area contributed by atoms with Crippen LogP contribution in [0.4, 0.5) is 5.69 Å². The number of benzene rings is 1. The summed E-state index contributed by atoms with van der Waals surface area (Å²) in [4.78, 5) is 2.34. The van der Waals surface area contributed by atoms with Crippen LogP contribution in [0.2, 0.25) is 0 Å². The average molecular weight is 173 g/mol. The van der Waals surface area contributed by atoms with Gasteiger partial charge in [-0.15, -0.1) is 0 Å². The van der Waals surface area contributed by atoms with Crippen molar-refractivity contribution in [1.82, 2.24) is 0 Å². The highest BCUT2D eigenvalue weighted by Crippen LogP contribution is 2.26. The number of aryl methyl sites for hydroxylation is 2. The molecule has 0 saturated heterocycles. The first-order valence-corrected chi connectivity index (χ1v) is 4.78. The summed E-state index contributed by atoms with van der Waals surface area (Å²) < 4.78 is 0. The van der Waals surface area contributed by atoms with Gasteiger partial charge in [-0.3, -0.25) is 0 Å². The Kier molecular flexibility index (Phi) is 2.09. The van der Waals surface area contributed by atoms with E-state index in [4.69, 9.17) is 0 Å². The van der Waals surface area contributed by atoms with Crippen LogP contribution in [0, 0.1) is 13.8 Å². The molecule has 0 unspecified atom stereocenters. The van der Waals surface area contributed by atoms with Gasteiger partial charge in [0.05, 0.1) is 0 Å². The molecule has 1 aromatic carbocycles. The first-order valence-electron chi connectivity index (χ1n) is 4.78. The van der Waals surface area contributed by atoms with Crippen molar-refractivity contribution in [1.29, 1.82) is 0 Å². The SMILES string of the molecule is Cc1cccc(C)c1N1C=CCC1. The molecule has 1 aliphatic rings. The predicted molar refractivity (Wildman–Crippen MR) is 57.0 cm³/mol. The summed E-state index contributed by atoms with van der Waals surface area (Å²) in [7, 11) is 0. The van der Waals surface area contributed by atoms with Crippen LogP contribution in [0.5, 0.6) is 0 Å². The maximum Gasteiger partial charge on any atom is 0.0465 e. The summed E-state index contributed by atoms with van der Waals surface area (Å²) in [5.41, 5.74) is 4.12. The molecule has 0 fully saturated rings. The van der Waals surface area contributed by atoms with Crippen LogP contribution in [-0.2, 0) is 0 Å². The first kappa shape index (κ1) is 8.36. The Morgan fingerprint density at radius 2 is 1.85 bits per heavy atom. The van der Waals surface area contributed by atoms with Crippen molar-refractivity contribution in [3.8, 4) is 0 Å². The van der Waals surface area contributed by atoms with E-state index >= 15 is 0 Å². The van der Waals surface area contributed by atoms with Crippen molar-refractivity contribution in [2.75, 3.05) is 11.4 Å². The monoisotopic (exact) mass is 173 g/mol. The zero-order valence-electron chi connectivity index (χ0n) is 8.25. The van der Waals surface area contributed by atoms with Gasteiger partial charge in [0.1, 0.15) is 0 Å². The minimum atomic E-state index is 1.13. The van der Waals surface area contributed by atoms with Crippen LogP contribution < -0.4 is 4.90 Å². The zero-order valence-corrected chi connectivity index (χ0v) is 8.25. The molecule has 0 saturated carbocycles. The minimum Gasteiger partial charge on any atom is -0.348 e. The van der Waals surface area contributed by atoms with Gasteiger partial charge in [-0.1, -0.05) is 24.3 Å². The van der Waals surface area contributed by atoms with Gasteiger partial charge in [-0.25, -0.2) is 0 Å². The maximum absolute atomic E-state index is 2.34. The van der Waals surface area contributed by atoms with Gasteiger partial charge in [0.15, 0.2) is 0 Å². The molecule has 1 aliphatic heterocycles. The number of anilines is 1. The highest BCUT2D eigenvalue weighted by Gasteiger charge is 2.11. The number of nitrogens with zero attached hydrogens (tertiary/aromatic N) is 1. The van der Waals surface area contributed by atoms with E-state index < -0.39 is 0 Å². The van der Waals surface area contributed by atoms with Crippen LogP contribution in [0.15, 0.2) is 30.5 Å². The fourth-order valence-electron chi connectivity index (χ4n) is 1.93. The van der Waals surface area contributed by atoms with E-state index in [0.29, 0.717) is 0 Å². The Balaban J connectivity index is 2.43. The number of hydrogen-bond acceptors (Lipinski definition) is 1. The molecule has 68 valence electrons. The molecule has 0 radical (unpaired) electrons. The maximum atomic E-state index is 2.34. The molecule has 1 heteroatoms. The van der Waals surface area contributed by atoms with E-state index in [-0.39, 0.29) is 0 Å². The van der Waals surface area contributed by atoms with Gasteiger partial charge in [0, 0.05) is 18.4 Å². The van der Waals surface area contributed by atoms with Crippen molar-refractivity contribution in [2.24, 2.45) is 0 Å². The Hall–Kier alpha value is -1.24. The summed E-state index contributed by atoms with van der Waals surface area (Å²) in [6.07, 6.45) is 5.59. The number of rotatable bonds is 1. The second-order valence-corrected chi connectivity index (χ2v) is 3.61. The largest absolute Gasteiger partial charge is 0.348 e. The Morgan fingerprint density at radius 1 is 1.15 bits per heavy atom. The van der Waals surface area contributed by atoms with Crippen molar-refractivity contribution in [3.05, 3.63) is 41.6 Å². The third-order valence-electron chi connectivity index (χ3n) is 2.55. The molecule has 13 heavy (non-hydrogen) atoms. The average Bonchev–Trinajstić information content (AvgIpc) is 2.57. The summed E-state index contributed by atoms with van der Waals surface area (Å²) in [6.45, 7) is 5.48. The topological polar surface area (TPSA) is 3.24 Å². The Bertz CT molecular complexity index is 319. The molecule has 0 spiro atoms. The standard InChI is InChI=1S/C12H15N/c1-10-6-5-7-11(2)12(10)13-8-3-4-9-13/h3,5-8H,4,9H2,1-2H3. The predicted octanol–water partition coefficient (Wildman–Crippen LogP) is 3.03. The first-order chi connectivity index (χ1) is 6.29. The minimum absolute atomic E-state index is 1.13. The molecule has 1 aromatic rings. The van der Waals surface area contributed by atoms with Crippen molar-refractivity contribution in [3.63, 3.8) is 0 Å². The van der Waals surface area contributed by atoms with E-state index in [9.17, 15) is 0 Å². The van der Waals surface area contributed by atoms with Gasteiger partial charge in [-0.05, 0) is 31.4 Å². The fourth-order valence-corrected chi connectivity index (χ4v) is 1.93. The molecular weight excluding hydrogens is 158 g/mol. The third-order valence-corrected chi connectivity index (χ3v) is 2.55. The Morgan fingerprint density at radius 3 is 2.38 bits per heavy atom. The zero-order chi connectivity index (χ0) is 9.26. The van der Waals surface area contributed by atoms with Gasteiger partial charge in [0.25, 0.3) is 0 Å². The lowest BCUT2D eigenvalue weighted by Gasteiger charge is -2.20. The van der Waals surface area contributed by atoms with Gasteiger partial charge >= 0.3 is 0 Å². The van der Waals surface area contributed by atoms with Crippen LogP contribution in [0.3, 0.4) is 0 Å². The van der Waals surface area contributed by atoms with Crippen LogP contribution in [0.1, 0.15) is 17.5 Å². The second kappa shape index (κ2) is 3.25. The highest BCUT2D eigenvalue weighted by molar-refractivity contribution is 5.61. The van der Waals surface area contributed by atoms with E-state index in [0.717, 1.165) is 6.54 Å². The molecule has 0 aromatic heterocycles. The van der Waals surface area contributed by atoms with Gasteiger partial charge < -0.3 is 4.90 Å². The highest BCUT2D eigenvalue weighted by atomic mass is 15.1. The van der Waals surface area contributed by atoms with E-state index in [1.54, 1.807) is 0 Å². The molecule has 1 nitrogen and oxygen atoms in total. The molecule has 2 rings (SSSR count). The van der Waals surface area contributed by atoms with Gasteiger partial charge in [0.2, 0.25) is 0 Å². The summed E-state index contributed by atoms with van der Waals surface area (Å²) >= 11 is 0. The van der Waals surface area contributed by atoms with Crippen molar-refractivity contribution in [2.45, 2.75) is 20.3 Å². The lowest BCUT2D eigenvalue weighted by Crippen LogP contribution is -2.14. The van der Waals surface area contributed by atoms with Crippen molar-refractivity contribution < 1.29 is 0 Å². The Labute approximate surface area is 79.7 Å². The molecule has 0 aliphatic carbocycles. The van der Waals surface area contributed by atoms with Gasteiger partial charge in [-0.2, -0.15) is 0 Å². The van der Waals surface area contributed by atoms with E-state index in [2.05, 4.69) is 49.2 Å². The van der Waals surface area contributed by atoms with Crippen LogP contribution in [0.25, 0.3) is 0 Å². The smallest absolute Gasteiger partial charge is 0.0465 e. The third kappa shape index (κ3) is 1.46. The number of hydrogen-bond donors (Lipinski definition) is 0. The summed E-state index contributed by atoms with van der Waals surface area (Å²) in [5, 5.41) is 0. The normalized spacial score (nSPS) is 15.4. The van der Waals surface area contributed by atoms with Crippen LogP contribution in [-0.4, -0.2) is 6.54 Å². The molecular formula is C12H15N. The molecule has 0 atom stereocenters. The quantitative estimate of drug-likeness (QED) is 0.631. The molecule has 0 amide bonds. The fraction of sp³-hybridized carbons (Fsp3) is 0.333. The van der Waals surface area contributed by atoms with E-state index in [1.165, 1.54) is 23.2 Å². The molecule has 0 bridgehead atoms.